The number of hydrogen-bond acceptors (Lipinski definition) is 1. The predicted molar refractivity (Wildman–Crippen MR) is 114 cm³/mol. The number of benzene rings is 1. The molecule has 0 fully saturated rings. The molecule has 0 unspecified atom stereocenters. The molecule has 0 radical (unpaired) electrons. The van der Waals surface area contributed by atoms with Crippen LogP contribution < -0.4 is 5.56 Å². The smallest absolute Gasteiger partial charge is 0.251 e. The van der Waals surface area contributed by atoms with Gasteiger partial charge in [-0.05, 0) is 30.4 Å². The van der Waals surface area contributed by atoms with Crippen LogP contribution >= 0.6 is 0 Å². The fourth-order valence-corrected chi connectivity index (χ4v) is 3.71. The minimum atomic E-state index is 0.0858. The molecular formula is C24H37NO. The van der Waals surface area contributed by atoms with Crippen LogP contribution in [0.25, 0.3) is 10.9 Å². The van der Waals surface area contributed by atoms with Crippen LogP contribution in [-0.2, 0) is 6.42 Å². The lowest BCUT2D eigenvalue weighted by atomic mass is 10.0. The van der Waals surface area contributed by atoms with Crippen LogP contribution in [0, 0.1) is 0 Å². The molecule has 1 aromatic heterocycles. The molecule has 0 aliphatic carbocycles. The average molecular weight is 356 g/mol. The van der Waals surface area contributed by atoms with E-state index in [1.165, 1.54) is 77.0 Å². The molecule has 0 saturated heterocycles. The largest absolute Gasteiger partial charge is 0.322 e. The lowest BCUT2D eigenvalue weighted by Gasteiger charge is -2.04. The number of para-hydroxylation sites is 1. The topological polar surface area (TPSA) is 32.9 Å². The molecule has 0 saturated carbocycles. The monoisotopic (exact) mass is 355 g/mol. The van der Waals surface area contributed by atoms with E-state index in [2.05, 4.69) is 24.0 Å². The maximum Gasteiger partial charge on any atom is 0.251 e. The van der Waals surface area contributed by atoms with Crippen molar-refractivity contribution in [1.82, 2.24) is 4.98 Å². The number of aromatic nitrogens is 1. The SMILES string of the molecule is CCCCCCCCCCCCCCCc1cc2ccccc2[nH]c1=O. The van der Waals surface area contributed by atoms with Crippen LogP contribution in [-0.4, -0.2) is 4.98 Å². The molecule has 0 amide bonds. The highest BCUT2D eigenvalue weighted by molar-refractivity contribution is 5.78. The third-order valence-corrected chi connectivity index (χ3v) is 5.38. The summed E-state index contributed by atoms with van der Waals surface area (Å²) in [5.74, 6) is 0. The minimum absolute atomic E-state index is 0.0858. The summed E-state index contributed by atoms with van der Waals surface area (Å²) in [4.78, 5) is 15.1. The molecule has 2 aromatic rings. The second-order valence-electron chi connectivity index (χ2n) is 7.70. The van der Waals surface area contributed by atoms with E-state index in [0.717, 1.165) is 29.3 Å². The van der Waals surface area contributed by atoms with Crippen molar-refractivity contribution in [3.05, 3.63) is 46.2 Å². The van der Waals surface area contributed by atoms with Gasteiger partial charge in [0.25, 0.3) is 5.56 Å². The minimum Gasteiger partial charge on any atom is -0.322 e. The van der Waals surface area contributed by atoms with Crippen molar-refractivity contribution in [2.45, 2.75) is 96.8 Å². The van der Waals surface area contributed by atoms with E-state index in [1.54, 1.807) is 0 Å². The lowest BCUT2D eigenvalue weighted by molar-refractivity contribution is 0.539. The Morgan fingerprint density at radius 1 is 0.731 bits per heavy atom. The second kappa shape index (κ2) is 12.7. The van der Waals surface area contributed by atoms with Gasteiger partial charge < -0.3 is 4.98 Å². The summed E-state index contributed by atoms with van der Waals surface area (Å²) < 4.78 is 0. The van der Waals surface area contributed by atoms with Gasteiger partial charge in [0.05, 0.1) is 0 Å². The summed E-state index contributed by atoms with van der Waals surface area (Å²) in [7, 11) is 0. The van der Waals surface area contributed by atoms with Gasteiger partial charge in [-0.15, -0.1) is 0 Å². The Labute approximate surface area is 159 Å². The molecule has 0 bridgehead atoms. The second-order valence-corrected chi connectivity index (χ2v) is 7.70. The fourth-order valence-electron chi connectivity index (χ4n) is 3.71. The van der Waals surface area contributed by atoms with Crippen LogP contribution in [0.2, 0.25) is 0 Å². The third-order valence-electron chi connectivity index (χ3n) is 5.38. The quantitative estimate of drug-likeness (QED) is 0.358. The van der Waals surface area contributed by atoms with Crippen LogP contribution in [0.15, 0.2) is 35.1 Å². The Morgan fingerprint density at radius 3 is 1.88 bits per heavy atom. The van der Waals surface area contributed by atoms with Crippen LogP contribution in [0.4, 0.5) is 0 Å². The number of hydrogen-bond donors (Lipinski definition) is 1. The molecule has 144 valence electrons. The van der Waals surface area contributed by atoms with Crippen LogP contribution in [0.5, 0.6) is 0 Å². The first-order chi connectivity index (χ1) is 12.8. The first-order valence-corrected chi connectivity index (χ1v) is 10.9. The first kappa shape index (κ1) is 20.7. The lowest BCUT2D eigenvalue weighted by Crippen LogP contribution is -2.12. The van der Waals surface area contributed by atoms with Crippen molar-refractivity contribution in [3.8, 4) is 0 Å². The number of rotatable bonds is 14. The highest BCUT2D eigenvalue weighted by atomic mass is 16.1. The number of unbranched alkanes of at least 4 members (excludes halogenated alkanes) is 12. The Balaban J connectivity index is 1.49. The van der Waals surface area contributed by atoms with E-state index in [9.17, 15) is 4.79 Å². The Bertz CT molecular complexity index is 673. The summed E-state index contributed by atoms with van der Waals surface area (Å²) in [5, 5.41) is 1.14. The summed E-state index contributed by atoms with van der Waals surface area (Å²) in [6.45, 7) is 2.28. The highest BCUT2D eigenvalue weighted by Crippen LogP contribution is 2.14. The zero-order valence-electron chi connectivity index (χ0n) is 16.7. The van der Waals surface area contributed by atoms with E-state index in [4.69, 9.17) is 0 Å². The molecule has 2 nitrogen and oxygen atoms in total. The molecule has 1 N–H and O–H groups in total. The third kappa shape index (κ3) is 7.76. The Morgan fingerprint density at radius 2 is 1.27 bits per heavy atom. The van der Waals surface area contributed by atoms with Gasteiger partial charge in [0.2, 0.25) is 0 Å². The van der Waals surface area contributed by atoms with E-state index < -0.39 is 0 Å². The van der Waals surface area contributed by atoms with Crippen molar-refractivity contribution >= 4 is 10.9 Å². The normalized spacial score (nSPS) is 11.3. The summed E-state index contributed by atoms with van der Waals surface area (Å²) in [5.41, 5.74) is 1.96. The zero-order valence-corrected chi connectivity index (χ0v) is 16.7. The van der Waals surface area contributed by atoms with Gasteiger partial charge in [-0.1, -0.05) is 102 Å². The van der Waals surface area contributed by atoms with Gasteiger partial charge in [0.15, 0.2) is 0 Å². The van der Waals surface area contributed by atoms with Gasteiger partial charge in [0.1, 0.15) is 0 Å². The average Bonchev–Trinajstić information content (AvgIpc) is 2.65. The maximum atomic E-state index is 12.1. The van der Waals surface area contributed by atoms with Crippen molar-refractivity contribution in [3.63, 3.8) is 0 Å². The number of nitrogens with one attached hydrogen (secondary N) is 1. The molecule has 2 rings (SSSR count). The summed E-state index contributed by atoms with van der Waals surface area (Å²) in [6.07, 6.45) is 18.6. The Kier molecular flexibility index (Phi) is 10.2. The number of pyridine rings is 1. The van der Waals surface area contributed by atoms with Crippen molar-refractivity contribution in [2.75, 3.05) is 0 Å². The van der Waals surface area contributed by atoms with Gasteiger partial charge in [-0.3, -0.25) is 4.79 Å². The number of fused-ring (bicyclic) bond motifs is 1. The van der Waals surface area contributed by atoms with E-state index in [0.29, 0.717) is 0 Å². The molecule has 0 aliphatic rings. The number of H-pyrrole nitrogens is 1. The molecule has 2 heteroatoms. The standard InChI is InChI=1S/C24H37NO/c1-2-3-4-5-6-7-8-9-10-11-12-13-14-18-22-20-21-17-15-16-19-23(21)25-24(22)26/h15-17,19-20H,2-14,18H2,1H3,(H,25,26). The van der Waals surface area contributed by atoms with Crippen molar-refractivity contribution in [2.24, 2.45) is 0 Å². The molecule has 1 heterocycles. The zero-order chi connectivity index (χ0) is 18.5. The fraction of sp³-hybridized carbons (Fsp3) is 0.625. The maximum absolute atomic E-state index is 12.1. The van der Waals surface area contributed by atoms with E-state index in [-0.39, 0.29) is 5.56 Å². The van der Waals surface area contributed by atoms with Gasteiger partial charge in [-0.2, -0.15) is 0 Å². The molecule has 0 atom stereocenters. The van der Waals surface area contributed by atoms with E-state index >= 15 is 0 Å². The molecule has 1 aromatic carbocycles. The van der Waals surface area contributed by atoms with Crippen LogP contribution in [0.1, 0.15) is 96.0 Å². The first-order valence-electron chi connectivity index (χ1n) is 10.9. The van der Waals surface area contributed by atoms with Crippen molar-refractivity contribution in [1.29, 1.82) is 0 Å². The van der Waals surface area contributed by atoms with Crippen molar-refractivity contribution < 1.29 is 0 Å². The number of aromatic amines is 1. The molecule has 26 heavy (non-hydrogen) atoms. The van der Waals surface area contributed by atoms with Gasteiger partial charge in [0, 0.05) is 11.1 Å². The van der Waals surface area contributed by atoms with Crippen LogP contribution in [0.3, 0.4) is 0 Å². The van der Waals surface area contributed by atoms with Gasteiger partial charge >= 0.3 is 0 Å². The Hall–Kier alpha value is -1.57. The molecule has 0 aliphatic heterocycles. The molecular weight excluding hydrogens is 318 g/mol. The molecule has 0 spiro atoms. The summed E-state index contributed by atoms with van der Waals surface area (Å²) in [6, 6.07) is 10.1. The predicted octanol–water partition coefficient (Wildman–Crippen LogP) is 7.16. The highest BCUT2D eigenvalue weighted by Gasteiger charge is 2.02. The van der Waals surface area contributed by atoms with E-state index in [1.807, 2.05) is 18.2 Å². The van der Waals surface area contributed by atoms with Gasteiger partial charge in [-0.25, -0.2) is 0 Å². The summed E-state index contributed by atoms with van der Waals surface area (Å²) >= 11 is 0. The number of aryl methyl sites for hydroxylation is 1.